The van der Waals surface area contributed by atoms with Crippen molar-refractivity contribution in [3.8, 4) is 0 Å². The highest BCUT2D eigenvalue weighted by Crippen LogP contribution is 2.26. The van der Waals surface area contributed by atoms with Crippen molar-refractivity contribution in [2.45, 2.75) is 45.1 Å². The van der Waals surface area contributed by atoms with Crippen molar-refractivity contribution in [1.29, 1.82) is 0 Å². The molecule has 112 valence electrons. The second-order valence-electron chi connectivity index (χ2n) is 6.17. The van der Waals surface area contributed by atoms with E-state index in [1.165, 1.54) is 32.1 Å². The Labute approximate surface area is 122 Å². The average Bonchev–Trinajstić information content (AvgIpc) is 2.52. The van der Waals surface area contributed by atoms with Crippen molar-refractivity contribution in [2.75, 3.05) is 18.4 Å². The summed E-state index contributed by atoms with van der Waals surface area (Å²) in [5.41, 5.74) is 7.69. The van der Waals surface area contributed by atoms with Gasteiger partial charge in [0.15, 0.2) is 0 Å². The molecular formula is C17H28N2O. The van der Waals surface area contributed by atoms with Gasteiger partial charge in [0.2, 0.25) is 0 Å². The van der Waals surface area contributed by atoms with Crippen LogP contribution in [0.1, 0.15) is 50.7 Å². The van der Waals surface area contributed by atoms with Crippen LogP contribution in [0.2, 0.25) is 0 Å². The Hall–Kier alpha value is -1.06. The lowest BCUT2D eigenvalue weighted by molar-refractivity contribution is 0.122. The van der Waals surface area contributed by atoms with Gasteiger partial charge in [-0.25, -0.2) is 0 Å². The molecule has 0 radical (unpaired) electrons. The lowest BCUT2D eigenvalue weighted by Crippen LogP contribution is -2.19. The van der Waals surface area contributed by atoms with Crippen LogP contribution in [0, 0.1) is 11.8 Å². The number of nitrogens with two attached hydrogens (primary N) is 1. The van der Waals surface area contributed by atoms with Gasteiger partial charge in [0, 0.05) is 12.2 Å². The first-order chi connectivity index (χ1) is 9.70. The van der Waals surface area contributed by atoms with Crippen LogP contribution in [0.4, 0.5) is 5.69 Å². The van der Waals surface area contributed by atoms with Gasteiger partial charge < -0.3 is 16.2 Å². The quantitative estimate of drug-likeness (QED) is 0.747. The minimum Gasteiger partial charge on any atom is -0.388 e. The molecule has 0 aromatic heterocycles. The summed E-state index contributed by atoms with van der Waals surface area (Å²) in [5, 5.41) is 13.7. The number of aliphatic hydroxyl groups excluding tert-OH is 1. The molecule has 1 saturated carbocycles. The third kappa shape index (κ3) is 4.22. The molecule has 1 aromatic rings. The maximum absolute atomic E-state index is 10.2. The second kappa shape index (κ2) is 7.65. The smallest absolute Gasteiger partial charge is 0.0828 e. The van der Waals surface area contributed by atoms with E-state index < -0.39 is 6.10 Å². The predicted octanol–water partition coefficient (Wildman–Crippen LogP) is 3.31. The summed E-state index contributed by atoms with van der Waals surface area (Å²) in [6.07, 6.45) is 6.36. The zero-order chi connectivity index (χ0) is 14.4. The third-order valence-electron chi connectivity index (χ3n) is 4.46. The lowest BCUT2D eigenvalue weighted by Gasteiger charge is -2.23. The van der Waals surface area contributed by atoms with Gasteiger partial charge in [-0.2, -0.15) is 0 Å². The molecule has 1 aliphatic rings. The molecule has 2 rings (SSSR count). The molecule has 3 heteroatoms. The molecule has 0 spiro atoms. The number of benzene rings is 1. The minimum absolute atomic E-state index is 0.0867. The van der Waals surface area contributed by atoms with Crippen LogP contribution in [-0.2, 0) is 0 Å². The van der Waals surface area contributed by atoms with Gasteiger partial charge in [0.05, 0.1) is 6.10 Å². The molecule has 0 heterocycles. The maximum Gasteiger partial charge on any atom is 0.0828 e. The van der Waals surface area contributed by atoms with Crippen LogP contribution in [0.5, 0.6) is 0 Å². The predicted molar refractivity (Wildman–Crippen MR) is 84.7 cm³/mol. The van der Waals surface area contributed by atoms with Crippen LogP contribution in [0.15, 0.2) is 24.3 Å². The molecule has 2 atom stereocenters. The summed E-state index contributed by atoms with van der Waals surface area (Å²) >= 11 is 0. The van der Waals surface area contributed by atoms with E-state index in [1.54, 1.807) is 0 Å². The molecule has 4 N–H and O–H groups in total. The first-order valence-corrected chi connectivity index (χ1v) is 7.92. The summed E-state index contributed by atoms with van der Waals surface area (Å²) in [6.45, 7) is 3.53. The largest absolute Gasteiger partial charge is 0.388 e. The number of hydrogen-bond acceptors (Lipinski definition) is 3. The Balaban J connectivity index is 1.91. The second-order valence-corrected chi connectivity index (χ2v) is 6.17. The summed E-state index contributed by atoms with van der Waals surface area (Å²) < 4.78 is 0. The topological polar surface area (TPSA) is 58.3 Å². The summed E-state index contributed by atoms with van der Waals surface area (Å²) in [4.78, 5) is 0. The van der Waals surface area contributed by atoms with E-state index >= 15 is 0 Å². The van der Waals surface area contributed by atoms with Gasteiger partial charge in [-0.05, 0) is 48.9 Å². The number of anilines is 1. The van der Waals surface area contributed by atoms with E-state index in [-0.39, 0.29) is 5.92 Å². The molecule has 0 amide bonds. The monoisotopic (exact) mass is 276 g/mol. The SMILES string of the molecule is CC(CN)C(O)c1cccc(NCC2CCCCC2)c1. The summed E-state index contributed by atoms with van der Waals surface area (Å²) in [6, 6.07) is 8.11. The van der Waals surface area contributed by atoms with E-state index in [0.29, 0.717) is 6.54 Å². The number of hydrogen-bond donors (Lipinski definition) is 3. The van der Waals surface area contributed by atoms with Crippen molar-refractivity contribution in [2.24, 2.45) is 17.6 Å². The van der Waals surface area contributed by atoms with Crippen LogP contribution < -0.4 is 11.1 Å². The van der Waals surface area contributed by atoms with E-state index in [9.17, 15) is 5.11 Å². The fourth-order valence-corrected chi connectivity index (χ4v) is 2.94. The number of aliphatic hydroxyl groups is 1. The number of nitrogens with one attached hydrogen (secondary N) is 1. The Bertz CT molecular complexity index is 402. The van der Waals surface area contributed by atoms with Gasteiger partial charge in [0.1, 0.15) is 0 Å². The zero-order valence-corrected chi connectivity index (χ0v) is 12.5. The summed E-state index contributed by atoms with van der Waals surface area (Å²) in [7, 11) is 0. The normalized spacial score (nSPS) is 19.6. The fraction of sp³-hybridized carbons (Fsp3) is 0.647. The Morgan fingerprint density at radius 3 is 2.75 bits per heavy atom. The molecule has 0 bridgehead atoms. The molecule has 2 unspecified atom stereocenters. The van der Waals surface area contributed by atoms with Crippen molar-refractivity contribution >= 4 is 5.69 Å². The van der Waals surface area contributed by atoms with E-state index in [2.05, 4.69) is 17.4 Å². The molecule has 1 aromatic carbocycles. The highest BCUT2D eigenvalue weighted by molar-refractivity contribution is 5.46. The Kier molecular flexibility index (Phi) is 5.86. The summed E-state index contributed by atoms with van der Waals surface area (Å²) in [5.74, 6) is 0.892. The Morgan fingerprint density at radius 1 is 1.30 bits per heavy atom. The van der Waals surface area contributed by atoms with E-state index in [4.69, 9.17) is 5.73 Å². The zero-order valence-electron chi connectivity index (χ0n) is 12.5. The molecule has 20 heavy (non-hydrogen) atoms. The van der Waals surface area contributed by atoms with Gasteiger partial charge in [-0.15, -0.1) is 0 Å². The molecule has 0 aliphatic heterocycles. The van der Waals surface area contributed by atoms with Crippen LogP contribution in [0.25, 0.3) is 0 Å². The fourth-order valence-electron chi connectivity index (χ4n) is 2.94. The van der Waals surface area contributed by atoms with Crippen molar-refractivity contribution < 1.29 is 5.11 Å². The first-order valence-electron chi connectivity index (χ1n) is 7.92. The maximum atomic E-state index is 10.2. The molecular weight excluding hydrogens is 248 g/mol. The van der Waals surface area contributed by atoms with Gasteiger partial charge in [-0.1, -0.05) is 38.3 Å². The molecule has 1 aliphatic carbocycles. The molecule has 3 nitrogen and oxygen atoms in total. The highest BCUT2D eigenvalue weighted by Gasteiger charge is 2.16. The van der Waals surface area contributed by atoms with Crippen LogP contribution >= 0.6 is 0 Å². The molecule has 1 fully saturated rings. The van der Waals surface area contributed by atoms with Crippen LogP contribution in [-0.4, -0.2) is 18.2 Å². The van der Waals surface area contributed by atoms with Crippen molar-refractivity contribution in [3.05, 3.63) is 29.8 Å². The van der Waals surface area contributed by atoms with Crippen molar-refractivity contribution in [1.82, 2.24) is 0 Å². The van der Waals surface area contributed by atoms with Gasteiger partial charge in [-0.3, -0.25) is 0 Å². The lowest BCUT2D eigenvalue weighted by atomic mass is 9.89. The van der Waals surface area contributed by atoms with E-state index in [0.717, 1.165) is 23.7 Å². The van der Waals surface area contributed by atoms with E-state index in [1.807, 2.05) is 19.1 Å². The van der Waals surface area contributed by atoms with Gasteiger partial charge >= 0.3 is 0 Å². The van der Waals surface area contributed by atoms with Crippen LogP contribution in [0.3, 0.4) is 0 Å². The molecule has 0 saturated heterocycles. The highest BCUT2D eigenvalue weighted by atomic mass is 16.3. The third-order valence-corrected chi connectivity index (χ3v) is 4.46. The standard InChI is InChI=1S/C17H28N2O/c1-13(11-18)17(20)15-8-5-9-16(10-15)19-12-14-6-3-2-4-7-14/h5,8-10,13-14,17,19-20H,2-4,6-7,11-12,18H2,1H3. The van der Waals surface area contributed by atoms with Gasteiger partial charge in [0.25, 0.3) is 0 Å². The Morgan fingerprint density at radius 2 is 2.05 bits per heavy atom. The number of rotatable bonds is 6. The first kappa shape index (κ1) is 15.3. The minimum atomic E-state index is -0.476. The average molecular weight is 276 g/mol. The van der Waals surface area contributed by atoms with Crippen molar-refractivity contribution in [3.63, 3.8) is 0 Å².